The number of ketones is 2. The molecule has 2 aromatic carbocycles. The average molecular weight is 618 g/mol. The lowest BCUT2D eigenvalue weighted by Crippen LogP contribution is -2.63. The van der Waals surface area contributed by atoms with E-state index in [0.29, 0.717) is 16.9 Å². The number of benzene rings is 2. The number of phenolic OH excluding ortho intramolecular Hbond substituents is 1. The van der Waals surface area contributed by atoms with Crippen LogP contribution in [-0.2, 0) is 22.6 Å². The fraction of sp³-hybridized carbons (Fsp3) is 0.441. The number of likely N-dealkylation sites (N-methyl/N-ethyl adjacent to an activating group) is 1. The van der Waals surface area contributed by atoms with E-state index in [0.717, 1.165) is 43.6 Å². The van der Waals surface area contributed by atoms with Crippen LogP contribution in [0.15, 0.2) is 53.0 Å². The van der Waals surface area contributed by atoms with Gasteiger partial charge in [0.15, 0.2) is 11.4 Å². The number of primary amides is 1. The highest BCUT2D eigenvalue weighted by Crippen LogP contribution is 2.53. The molecular weight excluding hydrogens is 578 g/mol. The Labute approximate surface area is 261 Å². The van der Waals surface area contributed by atoms with Crippen molar-refractivity contribution in [3.8, 4) is 22.6 Å². The van der Waals surface area contributed by atoms with Crippen molar-refractivity contribution in [2.75, 3.05) is 34.3 Å². The minimum atomic E-state index is -2.68. The zero-order valence-corrected chi connectivity index (χ0v) is 25.7. The molecule has 6 rings (SSSR count). The molecule has 11 nitrogen and oxygen atoms in total. The summed E-state index contributed by atoms with van der Waals surface area (Å²) in [6.45, 7) is 2.82. The second-order valence-electron chi connectivity index (χ2n) is 12.8. The number of hydrogen-bond donors (Lipinski definition) is 5. The number of rotatable bonds is 6. The van der Waals surface area contributed by atoms with Gasteiger partial charge < -0.3 is 30.9 Å². The van der Waals surface area contributed by atoms with Crippen LogP contribution in [0.25, 0.3) is 11.1 Å². The van der Waals surface area contributed by atoms with E-state index in [1.165, 1.54) is 17.4 Å². The smallest absolute Gasteiger partial charge is 0.255 e. The molecule has 0 aromatic heterocycles. The van der Waals surface area contributed by atoms with Crippen LogP contribution in [0.3, 0.4) is 0 Å². The van der Waals surface area contributed by atoms with Crippen molar-refractivity contribution >= 4 is 17.5 Å². The number of ether oxygens (including phenoxy) is 1. The van der Waals surface area contributed by atoms with Crippen LogP contribution in [0, 0.1) is 11.8 Å². The summed E-state index contributed by atoms with van der Waals surface area (Å²) < 4.78 is 5.74. The second-order valence-corrected chi connectivity index (χ2v) is 12.8. The van der Waals surface area contributed by atoms with Gasteiger partial charge in [0.1, 0.15) is 28.6 Å². The Morgan fingerprint density at radius 1 is 1.07 bits per heavy atom. The molecule has 2 aromatic rings. The summed E-state index contributed by atoms with van der Waals surface area (Å²) in [4.78, 5) is 43.9. The van der Waals surface area contributed by atoms with Gasteiger partial charge in [0.2, 0.25) is 5.78 Å². The Kier molecular flexibility index (Phi) is 7.75. The first-order valence-electron chi connectivity index (χ1n) is 15.3. The largest absolute Gasteiger partial charge is 0.510 e. The number of aliphatic hydroxyl groups excluding tert-OH is 2. The first kappa shape index (κ1) is 30.8. The minimum absolute atomic E-state index is 0.0208. The van der Waals surface area contributed by atoms with Crippen LogP contribution in [0.4, 0.5) is 0 Å². The number of amides is 1. The molecule has 1 fully saturated rings. The Morgan fingerprint density at radius 2 is 1.78 bits per heavy atom. The van der Waals surface area contributed by atoms with Crippen molar-refractivity contribution in [2.45, 2.75) is 50.3 Å². The molecule has 238 valence electrons. The number of aromatic hydroxyl groups is 1. The van der Waals surface area contributed by atoms with Gasteiger partial charge in [-0.3, -0.25) is 24.2 Å². The number of allylic oxidation sites excluding steroid dienone is 1. The zero-order chi connectivity index (χ0) is 32.4. The molecule has 0 spiro atoms. The van der Waals surface area contributed by atoms with Gasteiger partial charge in [-0.25, -0.2) is 0 Å². The molecule has 1 aliphatic heterocycles. The summed E-state index contributed by atoms with van der Waals surface area (Å²) in [5.74, 6) is -6.17. The van der Waals surface area contributed by atoms with E-state index in [2.05, 4.69) is 4.90 Å². The van der Waals surface area contributed by atoms with E-state index in [1.54, 1.807) is 27.3 Å². The molecule has 0 unspecified atom stereocenters. The molecule has 1 amide bonds. The number of nitrogens with zero attached hydrogens (tertiary/aromatic N) is 2. The molecule has 6 N–H and O–H groups in total. The molecule has 0 bridgehead atoms. The van der Waals surface area contributed by atoms with Crippen molar-refractivity contribution in [3.63, 3.8) is 0 Å². The quantitative estimate of drug-likeness (QED) is 0.303. The lowest BCUT2D eigenvalue weighted by molar-refractivity contribution is -0.148. The Balaban J connectivity index is 1.48. The fourth-order valence-corrected chi connectivity index (χ4v) is 7.94. The SMILES string of the molecule is COc1ccc(CN2CCCCC2)cc1-c1ccc(O)c2c1C[C@H]1C[C@H]3[C@H](N(C)C)C(O)=C(C(N)=O)C(=O)[C@@]3(O)C(O)=C1C2=O. The number of hydrogen-bond acceptors (Lipinski definition) is 10. The number of carbonyl (C=O) groups is 3. The summed E-state index contributed by atoms with van der Waals surface area (Å²) in [7, 11) is 4.78. The normalized spacial score (nSPS) is 26.9. The summed E-state index contributed by atoms with van der Waals surface area (Å²) >= 11 is 0. The molecule has 1 heterocycles. The van der Waals surface area contributed by atoms with Gasteiger partial charge in [-0.15, -0.1) is 0 Å². The highest BCUT2D eigenvalue weighted by atomic mass is 16.5. The van der Waals surface area contributed by atoms with Crippen molar-refractivity contribution < 1.29 is 39.5 Å². The van der Waals surface area contributed by atoms with Gasteiger partial charge >= 0.3 is 0 Å². The van der Waals surface area contributed by atoms with Gasteiger partial charge in [-0.1, -0.05) is 18.6 Å². The highest BCUT2D eigenvalue weighted by Gasteiger charge is 2.63. The number of phenols is 1. The van der Waals surface area contributed by atoms with E-state index in [1.807, 2.05) is 18.2 Å². The molecule has 0 radical (unpaired) electrons. The summed E-state index contributed by atoms with van der Waals surface area (Å²) in [6, 6.07) is 8.09. The average Bonchev–Trinajstić information content (AvgIpc) is 2.99. The first-order valence-corrected chi connectivity index (χ1v) is 15.3. The van der Waals surface area contributed by atoms with Crippen molar-refractivity contribution in [3.05, 3.63) is 69.7 Å². The van der Waals surface area contributed by atoms with E-state index >= 15 is 0 Å². The lowest BCUT2D eigenvalue weighted by atomic mass is 9.58. The number of likely N-dealkylation sites (tertiary alicyclic amines) is 1. The number of Topliss-reactive ketones (excluding diaryl/α,β-unsaturated/α-hetero) is 2. The zero-order valence-electron chi connectivity index (χ0n) is 25.7. The molecule has 3 aliphatic carbocycles. The molecule has 4 aliphatic rings. The van der Waals surface area contributed by atoms with Crippen molar-refractivity contribution in [2.24, 2.45) is 17.6 Å². The van der Waals surface area contributed by atoms with E-state index < -0.39 is 58.0 Å². The van der Waals surface area contributed by atoms with Crippen molar-refractivity contribution in [1.29, 1.82) is 0 Å². The minimum Gasteiger partial charge on any atom is -0.510 e. The molecule has 1 saturated heterocycles. The van der Waals surface area contributed by atoms with Gasteiger partial charge in [-0.2, -0.15) is 0 Å². The maximum atomic E-state index is 14.2. The second kappa shape index (κ2) is 11.3. The molecule has 45 heavy (non-hydrogen) atoms. The van der Waals surface area contributed by atoms with Crippen LogP contribution in [-0.4, -0.2) is 93.6 Å². The van der Waals surface area contributed by atoms with E-state index in [4.69, 9.17) is 10.5 Å². The lowest BCUT2D eigenvalue weighted by Gasteiger charge is -2.50. The van der Waals surface area contributed by atoms with Gasteiger partial charge in [0.05, 0.1) is 18.7 Å². The molecule has 11 heteroatoms. The summed E-state index contributed by atoms with van der Waals surface area (Å²) in [5.41, 5.74) is 4.78. The third kappa shape index (κ3) is 4.72. The van der Waals surface area contributed by atoms with Crippen LogP contribution >= 0.6 is 0 Å². The van der Waals surface area contributed by atoms with Crippen LogP contribution < -0.4 is 10.5 Å². The van der Waals surface area contributed by atoms with E-state index in [-0.39, 0.29) is 29.7 Å². The standard InChI is InChI=1S/C34H39N3O8/c1-36(2)28-22-15-18-14-21-19(20-13-17(7-10-24(20)45-3)16-37-11-5-4-6-12-37)8-9-23(38)26(21)29(39)25(18)31(41)34(22,44)32(42)27(30(28)40)33(35)43/h7-10,13,18,22,28,38,40-41,44H,4-6,11-12,14-16H2,1-3H3,(H2,35,43)/t18-,22-,28-,34-/m0/s1. The van der Waals surface area contributed by atoms with Crippen LogP contribution in [0.5, 0.6) is 11.5 Å². The maximum absolute atomic E-state index is 14.2. The maximum Gasteiger partial charge on any atom is 0.255 e. The number of aliphatic hydroxyl groups is 3. The predicted molar refractivity (Wildman–Crippen MR) is 165 cm³/mol. The Bertz CT molecular complexity index is 1670. The van der Waals surface area contributed by atoms with Gasteiger partial charge in [0, 0.05) is 23.6 Å². The molecule has 0 saturated carbocycles. The number of fused-ring (bicyclic) bond motifs is 3. The van der Waals surface area contributed by atoms with Gasteiger partial charge in [-0.05, 0) is 93.7 Å². The fourth-order valence-electron chi connectivity index (χ4n) is 7.94. The summed E-state index contributed by atoms with van der Waals surface area (Å²) in [6.07, 6.45) is 3.77. The van der Waals surface area contributed by atoms with E-state index in [9.17, 15) is 34.8 Å². The van der Waals surface area contributed by atoms with Crippen molar-refractivity contribution in [1.82, 2.24) is 9.80 Å². The van der Waals surface area contributed by atoms with Crippen LogP contribution in [0.2, 0.25) is 0 Å². The highest BCUT2D eigenvalue weighted by molar-refractivity contribution is 6.25. The number of methoxy groups -OCH3 is 1. The number of piperidine rings is 1. The number of nitrogens with two attached hydrogens (primary N) is 1. The molecular formula is C34H39N3O8. The Morgan fingerprint density at radius 3 is 2.42 bits per heavy atom. The first-order chi connectivity index (χ1) is 21.4. The monoisotopic (exact) mass is 617 g/mol. The predicted octanol–water partition coefficient (Wildman–Crippen LogP) is 2.78. The molecule has 4 atom stereocenters. The topological polar surface area (TPSA) is 174 Å². The number of carbonyl (C=O) groups excluding carboxylic acids is 3. The van der Waals surface area contributed by atoms with Crippen LogP contribution in [0.1, 0.15) is 47.2 Å². The Hall–Kier alpha value is -4.19. The summed E-state index contributed by atoms with van der Waals surface area (Å²) in [5, 5.41) is 45.4. The third-order valence-corrected chi connectivity index (χ3v) is 10.0. The third-order valence-electron chi connectivity index (χ3n) is 10.0. The van der Waals surface area contributed by atoms with Gasteiger partial charge in [0.25, 0.3) is 5.91 Å².